The van der Waals surface area contributed by atoms with Crippen LogP contribution in [-0.2, 0) is 0 Å². The maximum absolute atomic E-state index is 4.75. The summed E-state index contributed by atoms with van der Waals surface area (Å²) in [6, 6.07) is 14.8. The van der Waals surface area contributed by atoms with Gasteiger partial charge in [-0.15, -0.1) is 0 Å². The smallest absolute Gasteiger partial charge is 0.0659 e. The summed E-state index contributed by atoms with van der Waals surface area (Å²) in [6.07, 6.45) is 9.24. The highest BCUT2D eigenvalue weighted by molar-refractivity contribution is 5.78. The molecule has 28 heavy (non-hydrogen) atoms. The van der Waals surface area contributed by atoms with E-state index in [0.717, 1.165) is 51.3 Å². The fourth-order valence-electron chi connectivity index (χ4n) is 3.67. The Balaban J connectivity index is 1.84. The third-order valence-corrected chi connectivity index (χ3v) is 5.34. The van der Waals surface area contributed by atoms with E-state index in [4.69, 9.17) is 4.98 Å². The molecule has 0 aromatic carbocycles. The molecule has 4 heteroatoms. The lowest BCUT2D eigenvalue weighted by molar-refractivity contribution is 0.740. The van der Waals surface area contributed by atoms with E-state index in [2.05, 4.69) is 71.3 Å². The summed E-state index contributed by atoms with van der Waals surface area (Å²) in [4.78, 5) is 16.4. The first-order valence-electron chi connectivity index (χ1n) is 9.74. The van der Waals surface area contributed by atoms with Gasteiger partial charge < -0.3 is 9.97 Å². The summed E-state index contributed by atoms with van der Waals surface area (Å²) in [5.74, 6) is 0.479. The highest BCUT2D eigenvalue weighted by Gasteiger charge is 2.09. The van der Waals surface area contributed by atoms with Crippen LogP contribution >= 0.6 is 0 Å². The molecular formula is C24H22N4. The van der Waals surface area contributed by atoms with Gasteiger partial charge in [-0.2, -0.15) is 0 Å². The number of rotatable bonds is 2. The number of nitrogens with one attached hydrogen (secondary N) is 2. The average molecular weight is 366 g/mol. The van der Waals surface area contributed by atoms with Crippen molar-refractivity contribution < 1.29 is 0 Å². The minimum atomic E-state index is 0.479. The van der Waals surface area contributed by atoms with Gasteiger partial charge in [0.2, 0.25) is 0 Å². The predicted molar refractivity (Wildman–Crippen MR) is 118 cm³/mol. The van der Waals surface area contributed by atoms with Gasteiger partial charge in [-0.1, -0.05) is 13.8 Å². The number of H-pyrrole nitrogens is 2. The van der Waals surface area contributed by atoms with Crippen molar-refractivity contribution in [1.29, 1.82) is 0 Å². The quantitative estimate of drug-likeness (QED) is 0.392. The number of fused-ring (bicyclic) bond motifs is 8. The third-order valence-electron chi connectivity index (χ3n) is 5.34. The lowest BCUT2D eigenvalue weighted by Gasteiger charge is -2.05. The SMILES string of the molecule is CCC(C)c1cc2cc3ccc(cc4nc(cc5nc(cc1[nH]2)C=C5)C=C4)[nH]3. The Morgan fingerprint density at radius 2 is 1.32 bits per heavy atom. The predicted octanol–water partition coefficient (Wildman–Crippen LogP) is 6.17. The van der Waals surface area contributed by atoms with Gasteiger partial charge >= 0.3 is 0 Å². The minimum absolute atomic E-state index is 0.479. The van der Waals surface area contributed by atoms with E-state index in [0.29, 0.717) is 5.92 Å². The zero-order chi connectivity index (χ0) is 19.1. The van der Waals surface area contributed by atoms with E-state index in [-0.39, 0.29) is 0 Å². The number of aromatic nitrogens is 4. The minimum Gasteiger partial charge on any atom is -0.355 e. The second kappa shape index (κ2) is 6.64. The van der Waals surface area contributed by atoms with Crippen molar-refractivity contribution in [2.45, 2.75) is 26.2 Å². The molecule has 0 saturated heterocycles. The second-order valence-corrected chi connectivity index (χ2v) is 7.44. The second-order valence-electron chi connectivity index (χ2n) is 7.44. The van der Waals surface area contributed by atoms with Crippen LogP contribution in [0.1, 0.15) is 54.5 Å². The van der Waals surface area contributed by atoms with Gasteiger partial charge in [-0.3, -0.25) is 0 Å². The summed E-state index contributed by atoms with van der Waals surface area (Å²) >= 11 is 0. The van der Waals surface area contributed by atoms with Crippen molar-refractivity contribution in [3.05, 3.63) is 70.8 Å². The molecule has 2 aliphatic heterocycles. The van der Waals surface area contributed by atoms with Crippen molar-refractivity contribution in [2.75, 3.05) is 0 Å². The van der Waals surface area contributed by atoms with Crippen LogP contribution < -0.4 is 0 Å². The van der Waals surface area contributed by atoms with Crippen molar-refractivity contribution in [2.24, 2.45) is 0 Å². The molecule has 1 atom stereocenters. The van der Waals surface area contributed by atoms with Crippen LogP contribution in [0.25, 0.3) is 46.4 Å². The number of aromatic amines is 2. The molecule has 2 N–H and O–H groups in total. The van der Waals surface area contributed by atoms with Crippen LogP contribution in [0, 0.1) is 0 Å². The first-order chi connectivity index (χ1) is 13.7. The van der Waals surface area contributed by atoms with Gasteiger partial charge in [-0.25, -0.2) is 9.97 Å². The van der Waals surface area contributed by atoms with Crippen molar-refractivity contribution in [1.82, 2.24) is 19.9 Å². The number of nitrogens with zero attached hydrogens (tertiary/aromatic N) is 2. The van der Waals surface area contributed by atoms with Gasteiger partial charge in [0.25, 0.3) is 0 Å². The van der Waals surface area contributed by atoms with Crippen LogP contribution in [0.5, 0.6) is 0 Å². The fraction of sp³-hybridized carbons (Fsp3) is 0.167. The normalized spacial score (nSPS) is 13.8. The molecule has 138 valence electrons. The fourth-order valence-corrected chi connectivity index (χ4v) is 3.67. The molecule has 8 bridgehead atoms. The summed E-state index contributed by atoms with van der Waals surface area (Å²) in [5, 5.41) is 0. The zero-order valence-electron chi connectivity index (χ0n) is 16.0. The maximum Gasteiger partial charge on any atom is 0.0659 e. The summed E-state index contributed by atoms with van der Waals surface area (Å²) in [6.45, 7) is 4.49. The van der Waals surface area contributed by atoms with E-state index < -0.39 is 0 Å². The lowest BCUT2D eigenvalue weighted by atomic mass is 10.00. The molecule has 3 aromatic heterocycles. The molecule has 1 unspecified atom stereocenters. The average Bonchev–Trinajstić information content (AvgIpc) is 3.45. The first kappa shape index (κ1) is 16.8. The molecule has 4 nitrogen and oxygen atoms in total. The van der Waals surface area contributed by atoms with Crippen molar-refractivity contribution in [3.8, 4) is 0 Å². The van der Waals surface area contributed by atoms with Gasteiger partial charge in [0.05, 0.1) is 22.8 Å². The lowest BCUT2D eigenvalue weighted by Crippen LogP contribution is -1.88. The molecule has 0 radical (unpaired) electrons. The number of hydrogen-bond donors (Lipinski definition) is 2. The Hall–Kier alpha value is -3.40. The van der Waals surface area contributed by atoms with Gasteiger partial charge in [0, 0.05) is 22.1 Å². The van der Waals surface area contributed by atoms with E-state index >= 15 is 0 Å². The van der Waals surface area contributed by atoms with Gasteiger partial charge in [-0.05, 0) is 84.7 Å². The molecule has 5 heterocycles. The Kier molecular flexibility index (Phi) is 3.97. The largest absolute Gasteiger partial charge is 0.355 e. The highest BCUT2D eigenvalue weighted by Crippen LogP contribution is 2.26. The molecule has 0 fully saturated rings. The van der Waals surface area contributed by atoms with Crippen LogP contribution in [-0.4, -0.2) is 19.9 Å². The molecule has 0 saturated carbocycles. The monoisotopic (exact) mass is 366 g/mol. The molecule has 2 aliphatic rings. The molecule has 3 aromatic rings. The summed E-state index contributed by atoms with van der Waals surface area (Å²) in [5.41, 5.74) is 9.39. The van der Waals surface area contributed by atoms with E-state index in [1.807, 2.05) is 24.3 Å². The Morgan fingerprint density at radius 3 is 2.00 bits per heavy atom. The first-order valence-corrected chi connectivity index (χ1v) is 9.74. The molecule has 5 rings (SSSR count). The standard InChI is InChI=1S/C24H22N4/c1-3-15(2)23-13-22-12-20-7-6-18(26-20)10-16-4-5-17(25-16)11-19-8-9-21(27-19)14-24(23)28-22/h4-15,26,28H,3H2,1-2H3. The Bertz CT molecular complexity index is 1270. The third kappa shape index (κ3) is 3.18. The zero-order valence-corrected chi connectivity index (χ0v) is 16.0. The molecule has 0 aliphatic carbocycles. The van der Waals surface area contributed by atoms with Gasteiger partial charge in [0.1, 0.15) is 0 Å². The Labute approximate surface area is 163 Å². The van der Waals surface area contributed by atoms with E-state index in [1.54, 1.807) is 0 Å². The highest BCUT2D eigenvalue weighted by atomic mass is 14.8. The number of hydrogen-bond acceptors (Lipinski definition) is 2. The van der Waals surface area contributed by atoms with E-state index in [9.17, 15) is 0 Å². The van der Waals surface area contributed by atoms with Crippen molar-refractivity contribution in [3.63, 3.8) is 0 Å². The molecular weight excluding hydrogens is 344 g/mol. The topological polar surface area (TPSA) is 57.4 Å². The van der Waals surface area contributed by atoms with Crippen LogP contribution in [0.4, 0.5) is 0 Å². The van der Waals surface area contributed by atoms with Crippen LogP contribution in [0.2, 0.25) is 0 Å². The van der Waals surface area contributed by atoms with Gasteiger partial charge in [0.15, 0.2) is 0 Å². The van der Waals surface area contributed by atoms with E-state index in [1.165, 1.54) is 5.56 Å². The summed E-state index contributed by atoms with van der Waals surface area (Å²) < 4.78 is 0. The molecule has 0 spiro atoms. The maximum atomic E-state index is 4.75. The van der Waals surface area contributed by atoms with Crippen molar-refractivity contribution >= 4 is 46.4 Å². The van der Waals surface area contributed by atoms with Crippen LogP contribution in [0.15, 0.2) is 42.5 Å². The van der Waals surface area contributed by atoms with Crippen LogP contribution in [0.3, 0.4) is 0 Å². The Morgan fingerprint density at radius 1 is 0.714 bits per heavy atom. The molecule has 0 amide bonds. The summed E-state index contributed by atoms with van der Waals surface area (Å²) in [7, 11) is 0.